The van der Waals surface area contributed by atoms with E-state index in [1.165, 1.54) is 6.92 Å². The molecule has 0 atom stereocenters. The highest BCUT2D eigenvalue weighted by molar-refractivity contribution is 6.36. The summed E-state index contributed by atoms with van der Waals surface area (Å²) in [6, 6.07) is 0. The first kappa shape index (κ1) is 13.8. The van der Waals surface area contributed by atoms with E-state index >= 15 is 0 Å². The van der Waals surface area contributed by atoms with Crippen LogP contribution in [0.5, 0.6) is 0 Å². The van der Waals surface area contributed by atoms with E-state index in [2.05, 4.69) is 10.3 Å². The standard InChI is InChI=1S/C5H8O2.C2H4N2O2/c1-3-5(7)4(2)6;5-3-1-2-4-6/h3H2,1-2H3;1-2,5-6H. The zero-order valence-corrected chi connectivity index (χ0v) is 7.47. The van der Waals surface area contributed by atoms with Crippen LogP contribution < -0.4 is 0 Å². The molecule has 0 fully saturated rings. The van der Waals surface area contributed by atoms with Crippen LogP contribution in [0.4, 0.5) is 0 Å². The first-order chi connectivity index (χ1) is 6.09. The predicted molar refractivity (Wildman–Crippen MR) is 46.5 cm³/mol. The molecule has 0 radical (unpaired) electrons. The fraction of sp³-hybridized carbons (Fsp3) is 0.429. The Labute approximate surface area is 75.5 Å². The summed E-state index contributed by atoms with van der Waals surface area (Å²) in [7, 11) is 0. The van der Waals surface area contributed by atoms with Gasteiger partial charge in [0.25, 0.3) is 0 Å². The van der Waals surface area contributed by atoms with Crippen LogP contribution in [0.25, 0.3) is 0 Å². The molecule has 0 aliphatic heterocycles. The molecule has 0 aliphatic carbocycles. The smallest absolute Gasteiger partial charge is 0.197 e. The van der Waals surface area contributed by atoms with E-state index in [0.29, 0.717) is 6.42 Å². The predicted octanol–water partition coefficient (Wildman–Crippen LogP) is 0.461. The number of rotatable bonds is 3. The van der Waals surface area contributed by atoms with Crippen molar-refractivity contribution >= 4 is 24.0 Å². The Morgan fingerprint density at radius 3 is 1.69 bits per heavy atom. The van der Waals surface area contributed by atoms with E-state index in [1.807, 2.05) is 0 Å². The van der Waals surface area contributed by atoms with Gasteiger partial charge in [0.1, 0.15) is 0 Å². The number of carbonyl (C=O) groups is 2. The van der Waals surface area contributed by atoms with Crippen molar-refractivity contribution in [3.8, 4) is 0 Å². The van der Waals surface area contributed by atoms with E-state index in [4.69, 9.17) is 10.4 Å². The quantitative estimate of drug-likeness (QED) is 0.291. The Morgan fingerprint density at radius 1 is 1.23 bits per heavy atom. The molecule has 0 saturated heterocycles. The normalized spacial score (nSPS) is 9.69. The van der Waals surface area contributed by atoms with Crippen LogP contribution in [0.1, 0.15) is 20.3 Å². The maximum Gasteiger partial charge on any atom is 0.197 e. The minimum absolute atomic E-state index is 0.292. The molecular weight excluding hydrogens is 176 g/mol. The zero-order chi connectivity index (χ0) is 10.7. The molecule has 0 unspecified atom stereocenters. The van der Waals surface area contributed by atoms with Crippen molar-refractivity contribution in [2.45, 2.75) is 20.3 Å². The van der Waals surface area contributed by atoms with Crippen LogP contribution in [-0.4, -0.2) is 34.4 Å². The van der Waals surface area contributed by atoms with Gasteiger partial charge in [0, 0.05) is 13.3 Å². The number of nitrogens with zero attached hydrogens (tertiary/aromatic N) is 2. The topological polar surface area (TPSA) is 99.3 Å². The van der Waals surface area contributed by atoms with Crippen molar-refractivity contribution < 1.29 is 20.0 Å². The third-order valence-corrected chi connectivity index (χ3v) is 0.914. The van der Waals surface area contributed by atoms with Crippen LogP contribution in [0.3, 0.4) is 0 Å². The molecule has 0 rings (SSSR count). The first-order valence-corrected chi connectivity index (χ1v) is 3.47. The number of carbonyl (C=O) groups excluding carboxylic acids is 2. The second-order valence-corrected chi connectivity index (χ2v) is 1.86. The second-order valence-electron chi connectivity index (χ2n) is 1.86. The van der Waals surface area contributed by atoms with Crippen molar-refractivity contribution in [1.82, 2.24) is 0 Å². The number of hydrogen-bond acceptors (Lipinski definition) is 6. The summed E-state index contributed by atoms with van der Waals surface area (Å²) in [6.45, 7) is 2.95. The van der Waals surface area contributed by atoms with Gasteiger partial charge in [-0.1, -0.05) is 17.2 Å². The van der Waals surface area contributed by atoms with Crippen LogP contribution in [-0.2, 0) is 9.59 Å². The van der Waals surface area contributed by atoms with E-state index < -0.39 is 0 Å². The molecule has 0 amide bonds. The lowest BCUT2D eigenvalue weighted by molar-refractivity contribution is -0.135. The minimum atomic E-state index is -0.345. The first-order valence-electron chi connectivity index (χ1n) is 3.47. The van der Waals surface area contributed by atoms with Crippen molar-refractivity contribution in [2.24, 2.45) is 10.3 Å². The lowest BCUT2D eigenvalue weighted by Crippen LogP contribution is -2.06. The van der Waals surface area contributed by atoms with E-state index in [9.17, 15) is 9.59 Å². The zero-order valence-electron chi connectivity index (χ0n) is 7.47. The molecule has 0 bridgehead atoms. The Bertz CT molecular complexity index is 201. The van der Waals surface area contributed by atoms with Gasteiger partial charge in [0.05, 0.1) is 12.4 Å². The van der Waals surface area contributed by atoms with Crippen LogP contribution in [0.2, 0.25) is 0 Å². The molecule has 0 aromatic carbocycles. The molecule has 0 saturated carbocycles. The Hall–Kier alpha value is -1.72. The van der Waals surface area contributed by atoms with Crippen molar-refractivity contribution in [3.63, 3.8) is 0 Å². The largest absolute Gasteiger partial charge is 0.411 e. The molecule has 0 spiro atoms. The summed E-state index contributed by atoms with van der Waals surface area (Å²) < 4.78 is 0. The summed E-state index contributed by atoms with van der Waals surface area (Å²) in [6.07, 6.45) is 2.22. The molecule has 13 heavy (non-hydrogen) atoms. The third kappa shape index (κ3) is 13.3. The van der Waals surface area contributed by atoms with Crippen LogP contribution >= 0.6 is 0 Å². The SMILES string of the molecule is CCC(=O)C(C)=O.ON=CC=NO. The molecular formula is C7H12N2O4. The Balaban J connectivity index is 0. The van der Waals surface area contributed by atoms with Gasteiger partial charge in [-0.05, 0) is 0 Å². The highest BCUT2D eigenvalue weighted by Crippen LogP contribution is 1.79. The van der Waals surface area contributed by atoms with E-state index in [1.54, 1.807) is 6.92 Å². The van der Waals surface area contributed by atoms with Crippen molar-refractivity contribution in [3.05, 3.63) is 0 Å². The van der Waals surface area contributed by atoms with E-state index in [-0.39, 0.29) is 11.6 Å². The number of hydrogen-bond donors (Lipinski definition) is 2. The average Bonchev–Trinajstić information content (AvgIpc) is 2.14. The van der Waals surface area contributed by atoms with Gasteiger partial charge in [-0.15, -0.1) is 0 Å². The maximum atomic E-state index is 10.2. The molecule has 2 N–H and O–H groups in total. The number of oxime groups is 2. The van der Waals surface area contributed by atoms with Crippen LogP contribution in [0.15, 0.2) is 10.3 Å². The summed E-state index contributed by atoms with van der Waals surface area (Å²) in [5.41, 5.74) is 0. The fourth-order valence-electron chi connectivity index (χ4n) is 0.309. The second kappa shape index (κ2) is 10.3. The lowest BCUT2D eigenvalue weighted by atomic mass is 10.2. The van der Waals surface area contributed by atoms with Gasteiger partial charge >= 0.3 is 0 Å². The molecule has 0 aliphatic rings. The van der Waals surface area contributed by atoms with Gasteiger partial charge in [-0.2, -0.15) is 0 Å². The molecule has 6 heteroatoms. The monoisotopic (exact) mass is 188 g/mol. The maximum absolute atomic E-state index is 10.2. The minimum Gasteiger partial charge on any atom is -0.411 e. The molecule has 0 aromatic rings. The Morgan fingerprint density at radius 2 is 1.62 bits per heavy atom. The molecule has 74 valence electrons. The third-order valence-electron chi connectivity index (χ3n) is 0.914. The van der Waals surface area contributed by atoms with E-state index in [0.717, 1.165) is 12.4 Å². The summed E-state index contributed by atoms with van der Waals surface area (Å²) in [5, 5.41) is 20.1. The highest BCUT2D eigenvalue weighted by atomic mass is 16.4. The van der Waals surface area contributed by atoms with Gasteiger partial charge < -0.3 is 10.4 Å². The molecule has 6 nitrogen and oxygen atoms in total. The molecule has 0 aromatic heterocycles. The van der Waals surface area contributed by atoms with Crippen molar-refractivity contribution in [2.75, 3.05) is 0 Å². The summed E-state index contributed by atoms with van der Waals surface area (Å²) >= 11 is 0. The lowest BCUT2D eigenvalue weighted by Gasteiger charge is -1.81. The average molecular weight is 188 g/mol. The van der Waals surface area contributed by atoms with Crippen molar-refractivity contribution in [1.29, 1.82) is 0 Å². The van der Waals surface area contributed by atoms with Gasteiger partial charge in [-0.25, -0.2) is 0 Å². The Kier molecular flexibility index (Phi) is 10.9. The summed E-state index contributed by atoms with van der Waals surface area (Å²) in [4.78, 5) is 20.2. The number of Topliss-reactive ketones (excluding diaryl/α,β-unsaturated/α-hetero) is 2. The van der Waals surface area contributed by atoms with Gasteiger partial charge in [0.2, 0.25) is 0 Å². The summed E-state index contributed by atoms with van der Waals surface area (Å²) in [5.74, 6) is -0.637. The molecule has 0 heterocycles. The van der Waals surface area contributed by atoms with Gasteiger partial charge in [0.15, 0.2) is 11.6 Å². The fourth-order valence-corrected chi connectivity index (χ4v) is 0.309. The van der Waals surface area contributed by atoms with Crippen LogP contribution in [0, 0.1) is 0 Å². The van der Waals surface area contributed by atoms with Gasteiger partial charge in [-0.3, -0.25) is 9.59 Å². The highest BCUT2D eigenvalue weighted by Gasteiger charge is 2.00. The number of ketones is 2.